The Morgan fingerprint density at radius 3 is 2.00 bits per heavy atom. The molecule has 0 saturated carbocycles. The Balaban J connectivity index is 2.15. The molecule has 1 heterocycles. The molecule has 0 spiro atoms. The van der Waals surface area contributed by atoms with Crippen molar-refractivity contribution in [2.24, 2.45) is 0 Å². The zero-order chi connectivity index (χ0) is 6.36. The normalized spacial score (nSPS) is 25.8. The van der Waals surface area contributed by atoms with Crippen molar-refractivity contribution < 1.29 is 0 Å². The van der Waals surface area contributed by atoms with E-state index in [-0.39, 0.29) is 0 Å². The molecule has 3 nitrogen and oxygen atoms in total. The van der Waals surface area contributed by atoms with Crippen molar-refractivity contribution in [2.45, 2.75) is 12.8 Å². The number of hydrogen-bond donors (Lipinski definition) is 3. The van der Waals surface area contributed by atoms with Gasteiger partial charge in [-0.2, -0.15) is 5.53 Å². The van der Waals surface area contributed by atoms with Gasteiger partial charge in [0.1, 0.15) is 0 Å². The lowest BCUT2D eigenvalue weighted by Crippen LogP contribution is -2.43. The zero-order valence-electron chi connectivity index (χ0n) is 5.48. The van der Waals surface area contributed by atoms with Gasteiger partial charge in [0.05, 0.1) is 0 Å². The molecule has 0 aromatic carbocycles. The Hall–Kier alpha value is -0.380. The Kier molecular flexibility index (Phi) is 3.36. The highest BCUT2D eigenvalue weighted by molar-refractivity contribution is 4.82. The van der Waals surface area contributed by atoms with Crippen LogP contribution in [0.2, 0.25) is 0 Å². The molecule has 3 N–H and O–H groups in total. The number of nitrogens with one attached hydrogen (secondary N) is 3. The highest BCUT2D eigenvalue weighted by Gasteiger charge is 1.86. The van der Waals surface area contributed by atoms with Crippen molar-refractivity contribution >= 4 is 0 Å². The van der Waals surface area contributed by atoms with Gasteiger partial charge in [0.15, 0.2) is 0 Å². The van der Waals surface area contributed by atoms with Gasteiger partial charge in [0.2, 0.25) is 0 Å². The first-order valence-electron chi connectivity index (χ1n) is 3.36. The van der Waals surface area contributed by atoms with Crippen molar-refractivity contribution in [3.63, 3.8) is 0 Å². The van der Waals surface area contributed by atoms with Crippen molar-refractivity contribution in [1.29, 1.82) is 0 Å². The van der Waals surface area contributed by atoms with E-state index in [0.717, 1.165) is 25.9 Å². The fourth-order valence-electron chi connectivity index (χ4n) is 0.734. The zero-order valence-corrected chi connectivity index (χ0v) is 5.48. The summed E-state index contributed by atoms with van der Waals surface area (Å²) in [6, 6.07) is 0. The summed E-state index contributed by atoms with van der Waals surface area (Å²) >= 11 is 0. The maximum absolute atomic E-state index is 3.01. The van der Waals surface area contributed by atoms with Crippen LogP contribution in [0.25, 0.3) is 0 Å². The molecule has 0 atom stereocenters. The van der Waals surface area contributed by atoms with Crippen LogP contribution in [0.4, 0.5) is 0 Å². The topological polar surface area (TPSA) is 36.1 Å². The van der Waals surface area contributed by atoms with Gasteiger partial charge in [-0.25, -0.2) is 10.9 Å². The molecule has 0 bridgehead atoms. The minimum Gasteiger partial charge on any atom is -0.244 e. The van der Waals surface area contributed by atoms with Crippen LogP contribution >= 0.6 is 0 Å². The Morgan fingerprint density at radius 1 is 0.889 bits per heavy atom. The molecule has 9 heavy (non-hydrogen) atoms. The van der Waals surface area contributed by atoms with E-state index in [1.165, 1.54) is 0 Å². The third-order valence-electron chi connectivity index (χ3n) is 1.22. The Bertz CT molecular complexity index is 80.3. The fraction of sp³-hybridized carbons (Fsp3) is 0.667. The molecule has 1 aliphatic heterocycles. The lowest BCUT2D eigenvalue weighted by atomic mass is 10.3. The number of hydrogen-bond acceptors (Lipinski definition) is 3. The van der Waals surface area contributed by atoms with Gasteiger partial charge in [-0.05, 0) is 12.8 Å². The first kappa shape index (κ1) is 6.74. The molecule has 0 radical (unpaired) electrons. The van der Waals surface area contributed by atoms with E-state index in [1.807, 2.05) is 0 Å². The summed E-state index contributed by atoms with van der Waals surface area (Å²) in [6.45, 7) is 1.98. The van der Waals surface area contributed by atoms with Crippen LogP contribution in [0.3, 0.4) is 0 Å². The Labute approximate surface area is 55.5 Å². The van der Waals surface area contributed by atoms with E-state index in [0.29, 0.717) is 0 Å². The third-order valence-corrected chi connectivity index (χ3v) is 1.22. The summed E-state index contributed by atoms with van der Waals surface area (Å²) in [5.41, 5.74) is 8.92. The maximum atomic E-state index is 3.01. The fourth-order valence-corrected chi connectivity index (χ4v) is 0.734. The summed E-state index contributed by atoms with van der Waals surface area (Å²) < 4.78 is 0. The highest BCUT2D eigenvalue weighted by atomic mass is 15.6. The Morgan fingerprint density at radius 2 is 1.44 bits per heavy atom. The molecule has 0 unspecified atom stereocenters. The molecule has 0 aromatic heterocycles. The standard InChI is InChI=1S/C6H13N3/c1-2-4-6-8-9-7-5-3-1/h1-2,7-9H,3-6H2/b2-1-. The van der Waals surface area contributed by atoms with E-state index in [1.54, 1.807) is 0 Å². The van der Waals surface area contributed by atoms with E-state index in [2.05, 4.69) is 28.5 Å². The molecule has 3 heteroatoms. The minimum absolute atomic E-state index is 0.990. The third kappa shape index (κ3) is 3.24. The lowest BCUT2D eigenvalue weighted by Gasteiger charge is -2.03. The average molecular weight is 127 g/mol. The maximum Gasteiger partial charge on any atom is 0.0148 e. The van der Waals surface area contributed by atoms with Crippen LogP contribution in [-0.4, -0.2) is 13.1 Å². The first-order chi connectivity index (χ1) is 4.50. The predicted octanol–water partition coefficient (Wildman–Crippen LogP) is -0.0648. The summed E-state index contributed by atoms with van der Waals surface area (Å²) in [7, 11) is 0. The second kappa shape index (κ2) is 4.49. The van der Waals surface area contributed by atoms with Crippen molar-refractivity contribution in [3.8, 4) is 0 Å². The van der Waals surface area contributed by atoms with Crippen molar-refractivity contribution in [2.75, 3.05) is 13.1 Å². The van der Waals surface area contributed by atoms with Crippen LogP contribution < -0.4 is 16.4 Å². The molecular formula is C6H13N3. The predicted molar refractivity (Wildman–Crippen MR) is 37.5 cm³/mol. The SMILES string of the molecule is C1=C\CCNNNCC/1. The molecule has 1 rings (SSSR count). The van der Waals surface area contributed by atoms with Crippen LogP contribution in [0.15, 0.2) is 12.2 Å². The lowest BCUT2D eigenvalue weighted by molar-refractivity contribution is 0.445. The van der Waals surface area contributed by atoms with E-state index < -0.39 is 0 Å². The van der Waals surface area contributed by atoms with Gasteiger partial charge in [-0.3, -0.25) is 0 Å². The summed E-state index contributed by atoms with van der Waals surface area (Å²) in [5, 5.41) is 0. The molecule has 0 fully saturated rings. The van der Waals surface area contributed by atoms with Gasteiger partial charge in [-0.1, -0.05) is 12.2 Å². The second-order valence-corrected chi connectivity index (χ2v) is 2.03. The summed E-state index contributed by atoms with van der Waals surface area (Å²) in [4.78, 5) is 0. The van der Waals surface area contributed by atoms with Gasteiger partial charge >= 0.3 is 0 Å². The van der Waals surface area contributed by atoms with Crippen molar-refractivity contribution in [3.05, 3.63) is 12.2 Å². The second-order valence-electron chi connectivity index (χ2n) is 2.03. The number of hydrazine groups is 2. The molecule has 1 aliphatic rings. The van der Waals surface area contributed by atoms with E-state index in [9.17, 15) is 0 Å². The summed E-state index contributed by atoms with van der Waals surface area (Å²) in [5.74, 6) is 0. The molecule has 0 aromatic rings. The van der Waals surface area contributed by atoms with Crippen molar-refractivity contribution in [1.82, 2.24) is 16.4 Å². The quantitative estimate of drug-likeness (QED) is 0.399. The molecule has 0 amide bonds. The van der Waals surface area contributed by atoms with Crippen LogP contribution in [0.1, 0.15) is 12.8 Å². The largest absolute Gasteiger partial charge is 0.244 e. The highest BCUT2D eigenvalue weighted by Crippen LogP contribution is 1.85. The summed E-state index contributed by atoms with van der Waals surface area (Å²) in [6.07, 6.45) is 6.60. The average Bonchev–Trinajstić information content (AvgIpc) is 2.00. The van der Waals surface area contributed by atoms with Crippen LogP contribution in [-0.2, 0) is 0 Å². The molecule has 52 valence electrons. The smallest absolute Gasteiger partial charge is 0.0148 e. The van der Waals surface area contributed by atoms with E-state index in [4.69, 9.17) is 0 Å². The molecular weight excluding hydrogens is 114 g/mol. The van der Waals surface area contributed by atoms with E-state index >= 15 is 0 Å². The van der Waals surface area contributed by atoms with Gasteiger partial charge < -0.3 is 0 Å². The minimum atomic E-state index is 0.990. The number of rotatable bonds is 0. The molecule has 0 aliphatic carbocycles. The van der Waals surface area contributed by atoms with Gasteiger partial charge in [0, 0.05) is 13.1 Å². The van der Waals surface area contributed by atoms with Crippen LogP contribution in [0, 0.1) is 0 Å². The first-order valence-corrected chi connectivity index (χ1v) is 3.36. The van der Waals surface area contributed by atoms with Gasteiger partial charge in [0.25, 0.3) is 0 Å². The van der Waals surface area contributed by atoms with Gasteiger partial charge in [-0.15, -0.1) is 0 Å². The van der Waals surface area contributed by atoms with Crippen LogP contribution in [0.5, 0.6) is 0 Å². The monoisotopic (exact) mass is 127 g/mol. The molecule has 0 saturated heterocycles.